The van der Waals surface area contributed by atoms with Crippen molar-refractivity contribution in [3.8, 4) is 0 Å². The molecule has 0 aromatic heterocycles. The van der Waals surface area contributed by atoms with Crippen molar-refractivity contribution in [2.45, 2.75) is 63.3 Å². The highest BCUT2D eigenvalue weighted by Crippen LogP contribution is 2.45. The van der Waals surface area contributed by atoms with Gasteiger partial charge in [0.25, 0.3) is 0 Å². The molecule has 4 nitrogen and oxygen atoms in total. The molecular formula is C21H26ClF3N2O2. The van der Waals surface area contributed by atoms with Gasteiger partial charge in [-0.1, -0.05) is 11.6 Å². The van der Waals surface area contributed by atoms with Crippen LogP contribution in [0.2, 0.25) is 5.02 Å². The number of likely N-dealkylation sites (tertiary alicyclic amines) is 1. The molecule has 0 radical (unpaired) electrons. The Morgan fingerprint density at radius 2 is 1.83 bits per heavy atom. The van der Waals surface area contributed by atoms with Crippen LogP contribution in [0.5, 0.6) is 0 Å². The highest BCUT2D eigenvalue weighted by molar-refractivity contribution is 6.33. The zero-order valence-corrected chi connectivity index (χ0v) is 17.0. The fourth-order valence-electron chi connectivity index (χ4n) is 5.21. The Hall–Kier alpha value is -1.47. The molecule has 29 heavy (non-hydrogen) atoms. The lowest BCUT2D eigenvalue weighted by atomic mass is 9.78. The van der Waals surface area contributed by atoms with Gasteiger partial charge in [0.15, 0.2) is 0 Å². The van der Waals surface area contributed by atoms with Crippen molar-refractivity contribution in [3.63, 3.8) is 0 Å². The zero-order valence-electron chi connectivity index (χ0n) is 16.2. The third-order valence-electron chi connectivity index (χ3n) is 6.84. The number of carbonyl (C=O) groups excluding carboxylic acids is 1. The molecule has 2 saturated heterocycles. The van der Waals surface area contributed by atoms with E-state index in [0.717, 1.165) is 44.2 Å². The molecule has 1 aromatic carbocycles. The van der Waals surface area contributed by atoms with Crippen LogP contribution in [0.15, 0.2) is 18.2 Å². The molecule has 160 valence electrons. The maximum absolute atomic E-state index is 13.4. The lowest BCUT2D eigenvalue weighted by Crippen LogP contribution is -2.50. The van der Waals surface area contributed by atoms with E-state index in [1.165, 1.54) is 6.07 Å². The highest BCUT2D eigenvalue weighted by atomic mass is 35.5. The summed E-state index contributed by atoms with van der Waals surface area (Å²) in [6, 6.07) is 3.54. The van der Waals surface area contributed by atoms with E-state index in [-0.39, 0.29) is 23.1 Å². The first-order chi connectivity index (χ1) is 13.7. The maximum atomic E-state index is 13.4. The Morgan fingerprint density at radius 3 is 2.52 bits per heavy atom. The summed E-state index contributed by atoms with van der Waals surface area (Å²) in [6.45, 7) is 1.67. The van der Waals surface area contributed by atoms with Gasteiger partial charge in [-0.05, 0) is 63.1 Å². The monoisotopic (exact) mass is 430 g/mol. The molecule has 1 N–H and O–H groups in total. The van der Waals surface area contributed by atoms with Crippen LogP contribution in [-0.4, -0.2) is 47.7 Å². The van der Waals surface area contributed by atoms with Gasteiger partial charge in [-0.2, -0.15) is 13.2 Å². The summed E-state index contributed by atoms with van der Waals surface area (Å²) in [7, 11) is 0. The molecule has 4 rings (SSSR count). The first kappa shape index (κ1) is 20.8. The highest BCUT2D eigenvalue weighted by Gasteiger charge is 2.51. The van der Waals surface area contributed by atoms with Crippen molar-refractivity contribution in [3.05, 3.63) is 28.8 Å². The van der Waals surface area contributed by atoms with Crippen LogP contribution in [-0.2, 0) is 11.0 Å². The quantitative estimate of drug-likeness (QED) is 0.752. The van der Waals surface area contributed by atoms with Crippen LogP contribution < -0.4 is 4.90 Å². The summed E-state index contributed by atoms with van der Waals surface area (Å²) >= 11 is 6.25. The Balaban J connectivity index is 1.54. The number of alkyl halides is 3. The predicted octanol–water partition coefficient (Wildman–Crippen LogP) is 4.48. The first-order valence-corrected chi connectivity index (χ1v) is 10.7. The number of aliphatic hydroxyl groups is 1. The van der Waals surface area contributed by atoms with Gasteiger partial charge < -0.3 is 14.9 Å². The number of nitrogens with zero attached hydrogens (tertiary/aromatic N) is 2. The van der Waals surface area contributed by atoms with Gasteiger partial charge in [0.05, 0.1) is 27.8 Å². The summed E-state index contributed by atoms with van der Waals surface area (Å²) in [5.41, 5.74) is -0.921. The molecule has 1 amide bonds. The van der Waals surface area contributed by atoms with Gasteiger partial charge >= 0.3 is 6.18 Å². The molecule has 3 aliphatic rings. The fourth-order valence-corrected chi connectivity index (χ4v) is 5.45. The van der Waals surface area contributed by atoms with E-state index in [9.17, 15) is 23.1 Å². The Morgan fingerprint density at radius 1 is 1.10 bits per heavy atom. The normalized spacial score (nSPS) is 31.0. The number of benzene rings is 1. The van der Waals surface area contributed by atoms with Gasteiger partial charge in [-0.3, -0.25) is 4.79 Å². The third-order valence-corrected chi connectivity index (χ3v) is 7.16. The van der Waals surface area contributed by atoms with E-state index in [1.807, 2.05) is 9.80 Å². The number of hydrogen-bond donors (Lipinski definition) is 1. The Labute approximate surface area is 173 Å². The smallest absolute Gasteiger partial charge is 0.393 e. The van der Waals surface area contributed by atoms with Crippen LogP contribution in [0, 0.1) is 5.41 Å². The number of halogens is 4. The molecule has 1 aliphatic carbocycles. The summed E-state index contributed by atoms with van der Waals surface area (Å²) in [5.74, 6) is 0.117. The van der Waals surface area contributed by atoms with Crippen LogP contribution >= 0.6 is 11.6 Å². The van der Waals surface area contributed by atoms with Crippen molar-refractivity contribution >= 4 is 23.2 Å². The second-order valence-electron chi connectivity index (χ2n) is 8.68. The third kappa shape index (κ3) is 3.96. The van der Waals surface area contributed by atoms with Crippen LogP contribution in [0.25, 0.3) is 0 Å². The topological polar surface area (TPSA) is 43.8 Å². The SMILES string of the molecule is O=C1N([C@H]2CC[C@H](O)CC2)CCC12CCCN(c1cc(C(F)(F)F)ccc1Cl)C2. The predicted molar refractivity (Wildman–Crippen MR) is 105 cm³/mol. The minimum absolute atomic E-state index is 0.117. The number of anilines is 1. The molecule has 8 heteroatoms. The average molecular weight is 431 g/mol. The van der Waals surface area contributed by atoms with Gasteiger partial charge in [-0.25, -0.2) is 0 Å². The van der Waals surface area contributed by atoms with E-state index < -0.39 is 17.2 Å². The van der Waals surface area contributed by atoms with E-state index in [4.69, 9.17) is 11.6 Å². The molecule has 1 aromatic rings. The van der Waals surface area contributed by atoms with Crippen molar-refractivity contribution in [1.82, 2.24) is 4.90 Å². The lowest BCUT2D eigenvalue weighted by molar-refractivity contribution is -0.139. The summed E-state index contributed by atoms with van der Waals surface area (Å²) in [4.78, 5) is 17.2. The summed E-state index contributed by atoms with van der Waals surface area (Å²) < 4.78 is 39.5. The van der Waals surface area contributed by atoms with Crippen molar-refractivity contribution in [1.29, 1.82) is 0 Å². The average Bonchev–Trinajstić information content (AvgIpc) is 2.98. The number of rotatable bonds is 2. The molecule has 3 fully saturated rings. The molecule has 1 atom stereocenters. The maximum Gasteiger partial charge on any atom is 0.416 e. The zero-order chi connectivity index (χ0) is 20.8. The van der Waals surface area contributed by atoms with Crippen LogP contribution in [0.1, 0.15) is 50.5 Å². The molecule has 2 heterocycles. The molecule has 0 bridgehead atoms. The lowest BCUT2D eigenvalue weighted by Gasteiger charge is -2.41. The number of hydrogen-bond acceptors (Lipinski definition) is 3. The largest absolute Gasteiger partial charge is 0.416 e. The van der Waals surface area contributed by atoms with E-state index in [1.54, 1.807) is 0 Å². The van der Waals surface area contributed by atoms with Crippen molar-refractivity contribution in [2.24, 2.45) is 5.41 Å². The first-order valence-electron chi connectivity index (χ1n) is 10.3. The minimum Gasteiger partial charge on any atom is -0.393 e. The summed E-state index contributed by atoms with van der Waals surface area (Å²) in [6.07, 6.45) is 0.571. The second-order valence-corrected chi connectivity index (χ2v) is 9.09. The Kier molecular flexibility index (Phi) is 5.49. The summed E-state index contributed by atoms with van der Waals surface area (Å²) in [5, 5.41) is 10.0. The van der Waals surface area contributed by atoms with Crippen molar-refractivity contribution < 1.29 is 23.1 Å². The van der Waals surface area contributed by atoms with E-state index >= 15 is 0 Å². The number of amides is 1. The molecular weight excluding hydrogens is 405 g/mol. The van der Waals surface area contributed by atoms with E-state index in [2.05, 4.69) is 0 Å². The van der Waals surface area contributed by atoms with Gasteiger partial charge in [0.2, 0.25) is 5.91 Å². The number of piperidine rings is 1. The van der Waals surface area contributed by atoms with Gasteiger partial charge in [0.1, 0.15) is 0 Å². The fraction of sp³-hybridized carbons (Fsp3) is 0.667. The van der Waals surface area contributed by atoms with Crippen molar-refractivity contribution in [2.75, 3.05) is 24.5 Å². The van der Waals surface area contributed by atoms with E-state index in [0.29, 0.717) is 38.2 Å². The Bertz CT molecular complexity index is 780. The van der Waals surface area contributed by atoms with Gasteiger partial charge in [0, 0.05) is 25.7 Å². The van der Waals surface area contributed by atoms with Crippen LogP contribution in [0.3, 0.4) is 0 Å². The second kappa shape index (κ2) is 7.65. The molecule has 1 spiro atoms. The molecule has 2 aliphatic heterocycles. The minimum atomic E-state index is -4.43. The number of aliphatic hydroxyl groups excluding tert-OH is 1. The van der Waals surface area contributed by atoms with Gasteiger partial charge in [-0.15, -0.1) is 0 Å². The van der Waals surface area contributed by atoms with Crippen LogP contribution in [0.4, 0.5) is 18.9 Å². The number of carbonyl (C=O) groups is 1. The standard InChI is InChI=1S/C21H26ClF3N2O2/c22-17-7-2-14(21(23,24)25)12-18(17)26-10-1-8-20(13-26)9-11-27(19(20)29)15-3-5-16(28)6-4-15/h2,7,12,15-16,28H,1,3-6,8-11,13H2/t15-,16-,20?. The molecule has 1 unspecified atom stereocenters. The molecule has 1 saturated carbocycles.